The van der Waals surface area contributed by atoms with Gasteiger partial charge in [0.1, 0.15) is 5.69 Å². The van der Waals surface area contributed by atoms with Crippen molar-refractivity contribution < 1.29 is 0 Å². The smallest absolute Gasteiger partial charge is 0.171 e. The molecule has 0 spiro atoms. The van der Waals surface area contributed by atoms with Crippen molar-refractivity contribution in [1.82, 2.24) is 4.98 Å². The van der Waals surface area contributed by atoms with Gasteiger partial charge in [0.2, 0.25) is 0 Å². The lowest BCUT2D eigenvalue weighted by molar-refractivity contribution is 1.20. The zero-order chi connectivity index (χ0) is 12.8. The van der Waals surface area contributed by atoms with Crippen LogP contribution in [0.25, 0.3) is 0 Å². The fraction of sp³-hybridized carbons (Fsp3) is 0. The first-order valence-electron chi connectivity index (χ1n) is 5.29. The summed E-state index contributed by atoms with van der Waals surface area (Å²) in [4.78, 5) is 4.08. The summed E-state index contributed by atoms with van der Waals surface area (Å²) < 4.78 is 1.02. The molecule has 1 aromatic heterocycles. The van der Waals surface area contributed by atoms with Gasteiger partial charge in [-0.1, -0.05) is 34.1 Å². The third-order valence-electron chi connectivity index (χ3n) is 2.17. The molecule has 0 radical (unpaired) electrons. The Bertz CT molecular complexity index is 561. The normalized spacial score (nSPS) is 11.9. The van der Waals surface area contributed by atoms with Crippen molar-refractivity contribution in [2.75, 3.05) is 0 Å². The third-order valence-corrected chi connectivity index (χ3v) is 2.70. The van der Waals surface area contributed by atoms with E-state index in [9.17, 15) is 0 Å². The molecular weight excluding hydrogens is 292 g/mol. The molecule has 2 rings (SSSR count). The maximum atomic E-state index is 5.75. The minimum absolute atomic E-state index is 0.295. The third kappa shape index (κ3) is 3.49. The Morgan fingerprint density at radius 1 is 1.17 bits per heavy atom. The molecule has 0 aliphatic carbocycles. The Kier molecular flexibility index (Phi) is 4.20. The number of pyridine rings is 1. The average Bonchev–Trinajstić information content (AvgIpc) is 2.42. The van der Waals surface area contributed by atoms with Crippen LogP contribution in [0.15, 0.2) is 63.3 Å². The highest BCUT2D eigenvalue weighted by Crippen LogP contribution is 2.09. The number of aromatic nitrogens is 1. The fourth-order valence-corrected chi connectivity index (χ4v) is 1.54. The molecule has 0 atom stereocenters. The molecule has 0 amide bonds. The van der Waals surface area contributed by atoms with Crippen molar-refractivity contribution in [3.05, 3.63) is 64.4 Å². The second-order valence-electron chi connectivity index (χ2n) is 3.50. The van der Waals surface area contributed by atoms with Crippen molar-refractivity contribution in [3.8, 4) is 0 Å². The van der Waals surface area contributed by atoms with E-state index in [1.807, 2.05) is 36.4 Å². The molecule has 0 aliphatic heterocycles. The van der Waals surface area contributed by atoms with Crippen molar-refractivity contribution in [1.29, 1.82) is 0 Å². The number of halogens is 1. The molecule has 0 bridgehead atoms. The molecular formula is C13H11BrN4. The van der Waals surface area contributed by atoms with Crippen molar-refractivity contribution in [3.63, 3.8) is 0 Å². The number of nitrogens with zero attached hydrogens (tertiary/aromatic N) is 3. The summed E-state index contributed by atoms with van der Waals surface area (Å²) in [5.74, 6) is 0.295. The monoisotopic (exact) mass is 302 g/mol. The molecule has 0 saturated carbocycles. The second kappa shape index (κ2) is 6.07. The van der Waals surface area contributed by atoms with Gasteiger partial charge in [0, 0.05) is 10.7 Å². The Morgan fingerprint density at radius 3 is 2.61 bits per heavy atom. The van der Waals surface area contributed by atoms with Crippen LogP contribution in [0.3, 0.4) is 0 Å². The van der Waals surface area contributed by atoms with Crippen LogP contribution >= 0.6 is 15.9 Å². The summed E-state index contributed by atoms with van der Waals surface area (Å²) in [7, 11) is 0. The van der Waals surface area contributed by atoms with Crippen LogP contribution < -0.4 is 5.73 Å². The summed E-state index contributed by atoms with van der Waals surface area (Å²) in [5, 5.41) is 7.83. The van der Waals surface area contributed by atoms with Gasteiger partial charge in [-0.3, -0.25) is 4.98 Å². The summed E-state index contributed by atoms with van der Waals surface area (Å²) in [6.07, 6.45) is 3.30. The summed E-state index contributed by atoms with van der Waals surface area (Å²) in [6.45, 7) is 0. The highest BCUT2D eigenvalue weighted by Gasteiger charge is 1.96. The van der Waals surface area contributed by atoms with Gasteiger partial charge in [0.05, 0.1) is 6.21 Å². The van der Waals surface area contributed by atoms with Crippen LogP contribution in [0.5, 0.6) is 0 Å². The van der Waals surface area contributed by atoms with E-state index in [2.05, 4.69) is 31.1 Å². The van der Waals surface area contributed by atoms with Gasteiger partial charge in [-0.15, -0.1) is 5.10 Å². The molecule has 4 nitrogen and oxygen atoms in total. The summed E-state index contributed by atoms with van der Waals surface area (Å²) in [5.41, 5.74) is 7.32. The zero-order valence-electron chi connectivity index (χ0n) is 9.49. The van der Waals surface area contributed by atoms with Crippen LogP contribution in [-0.2, 0) is 0 Å². The largest absolute Gasteiger partial charge is 0.380 e. The molecule has 2 aromatic rings. The summed E-state index contributed by atoms with van der Waals surface area (Å²) in [6, 6.07) is 13.2. The number of benzene rings is 1. The van der Waals surface area contributed by atoms with Crippen LogP contribution in [0, 0.1) is 0 Å². The van der Waals surface area contributed by atoms with Gasteiger partial charge in [0.15, 0.2) is 5.84 Å². The first-order chi connectivity index (χ1) is 8.75. The molecule has 5 heteroatoms. The fourth-order valence-electron chi connectivity index (χ4n) is 1.27. The van der Waals surface area contributed by atoms with Gasteiger partial charge < -0.3 is 5.73 Å². The van der Waals surface area contributed by atoms with Gasteiger partial charge >= 0.3 is 0 Å². The Hall–Kier alpha value is -2.01. The van der Waals surface area contributed by atoms with E-state index in [0.29, 0.717) is 11.5 Å². The topological polar surface area (TPSA) is 63.6 Å². The molecule has 90 valence electrons. The maximum absolute atomic E-state index is 5.75. The molecule has 2 N–H and O–H groups in total. The van der Waals surface area contributed by atoms with Crippen LogP contribution in [0.4, 0.5) is 0 Å². The van der Waals surface area contributed by atoms with Gasteiger partial charge in [-0.25, -0.2) is 0 Å². The quantitative estimate of drug-likeness (QED) is 0.538. The van der Waals surface area contributed by atoms with E-state index in [0.717, 1.165) is 10.0 Å². The number of nitrogens with two attached hydrogens (primary N) is 1. The van der Waals surface area contributed by atoms with Crippen molar-refractivity contribution in [2.24, 2.45) is 15.9 Å². The summed E-state index contributed by atoms with van der Waals surface area (Å²) >= 11 is 3.37. The first kappa shape index (κ1) is 12.4. The number of hydrogen-bond acceptors (Lipinski definition) is 3. The maximum Gasteiger partial charge on any atom is 0.171 e. The van der Waals surface area contributed by atoms with E-state index >= 15 is 0 Å². The van der Waals surface area contributed by atoms with E-state index in [-0.39, 0.29) is 0 Å². The highest BCUT2D eigenvalue weighted by atomic mass is 79.9. The van der Waals surface area contributed by atoms with Crippen molar-refractivity contribution in [2.45, 2.75) is 0 Å². The molecule has 0 aliphatic rings. The van der Waals surface area contributed by atoms with Crippen LogP contribution in [0.1, 0.15) is 11.3 Å². The number of amidine groups is 1. The number of hydrogen-bond donors (Lipinski definition) is 1. The van der Waals surface area contributed by atoms with Gasteiger partial charge in [-0.05, 0) is 29.8 Å². The highest BCUT2D eigenvalue weighted by molar-refractivity contribution is 9.10. The Labute approximate surface area is 113 Å². The molecule has 1 heterocycles. The van der Waals surface area contributed by atoms with Crippen molar-refractivity contribution >= 4 is 28.0 Å². The lowest BCUT2D eigenvalue weighted by Crippen LogP contribution is -2.14. The Morgan fingerprint density at radius 2 is 1.94 bits per heavy atom. The average molecular weight is 303 g/mol. The lowest BCUT2D eigenvalue weighted by Gasteiger charge is -1.95. The Balaban J connectivity index is 2.08. The van der Waals surface area contributed by atoms with Gasteiger partial charge in [-0.2, -0.15) is 5.10 Å². The van der Waals surface area contributed by atoms with E-state index in [1.54, 1.807) is 18.5 Å². The molecule has 0 fully saturated rings. The standard InChI is InChI=1S/C13H11BrN4/c14-11-6-4-10(5-7-11)9-17-18-13(15)12-3-1-2-8-16-12/h1-9H,(H2,15,18). The van der Waals surface area contributed by atoms with E-state index in [4.69, 9.17) is 5.73 Å². The lowest BCUT2D eigenvalue weighted by atomic mass is 10.2. The van der Waals surface area contributed by atoms with E-state index in [1.165, 1.54) is 0 Å². The molecule has 0 saturated heterocycles. The minimum Gasteiger partial charge on any atom is -0.380 e. The SMILES string of the molecule is N/C(=N/N=Cc1ccc(Br)cc1)c1ccccn1. The van der Waals surface area contributed by atoms with E-state index < -0.39 is 0 Å². The van der Waals surface area contributed by atoms with Crippen LogP contribution in [-0.4, -0.2) is 17.0 Å². The molecule has 1 aromatic carbocycles. The zero-order valence-corrected chi connectivity index (χ0v) is 11.1. The number of rotatable bonds is 3. The van der Waals surface area contributed by atoms with Crippen LogP contribution in [0.2, 0.25) is 0 Å². The first-order valence-corrected chi connectivity index (χ1v) is 6.08. The predicted molar refractivity (Wildman–Crippen MR) is 76.7 cm³/mol. The minimum atomic E-state index is 0.295. The van der Waals surface area contributed by atoms with Gasteiger partial charge in [0.25, 0.3) is 0 Å². The molecule has 18 heavy (non-hydrogen) atoms. The predicted octanol–water partition coefficient (Wildman–Crippen LogP) is 2.58. The molecule has 0 unspecified atom stereocenters. The second-order valence-corrected chi connectivity index (χ2v) is 4.41.